The number of cyclic esters (lactones) is 1. The lowest BCUT2D eigenvalue weighted by molar-refractivity contribution is -0.298. The van der Waals surface area contributed by atoms with E-state index in [1.165, 1.54) is 13.8 Å². The van der Waals surface area contributed by atoms with Gasteiger partial charge in [-0.25, -0.2) is 4.79 Å². The number of hydrogen-bond acceptors (Lipinski definition) is 12. The highest BCUT2D eigenvalue weighted by molar-refractivity contribution is 14.1. The monoisotopic (exact) mass is 820 g/mol. The summed E-state index contributed by atoms with van der Waals surface area (Å²) in [6, 6.07) is 6.20. The molecule has 4 N–H and O–H groups in total. The van der Waals surface area contributed by atoms with E-state index in [4.69, 9.17) is 18.9 Å². The van der Waals surface area contributed by atoms with Gasteiger partial charge in [-0.05, 0) is 128 Å². The van der Waals surface area contributed by atoms with Crippen molar-refractivity contribution in [2.24, 2.45) is 17.8 Å². The Hall–Kier alpha value is -1.43. The lowest BCUT2D eigenvalue weighted by Crippen LogP contribution is -2.60. The molecule has 0 spiro atoms. The number of hydrogen-bond donors (Lipinski definition) is 4. The van der Waals surface area contributed by atoms with E-state index < -0.39 is 77.8 Å². The summed E-state index contributed by atoms with van der Waals surface area (Å²) in [6.07, 6.45) is -6.10. The van der Waals surface area contributed by atoms with E-state index in [1.54, 1.807) is 39.8 Å². The fourth-order valence-corrected chi connectivity index (χ4v) is 7.99. The number of aliphatic hydroxyl groups is 4. The molecular formula is C37H61IN2O10. The first-order chi connectivity index (χ1) is 23.1. The Balaban J connectivity index is 2.06. The molecule has 1 aromatic carbocycles. The highest BCUT2D eigenvalue weighted by Gasteiger charge is 2.50. The van der Waals surface area contributed by atoms with Crippen molar-refractivity contribution in [3.63, 3.8) is 0 Å². The van der Waals surface area contributed by atoms with Crippen molar-refractivity contribution in [3.8, 4) is 0 Å². The number of halogens is 1. The van der Waals surface area contributed by atoms with E-state index in [-0.39, 0.29) is 30.9 Å². The van der Waals surface area contributed by atoms with Gasteiger partial charge in [0, 0.05) is 22.1 Å². The van der Waals surface area contributed by atoms with Crippen molar-refractivity contribution < 1.29 is 49.0 Å². The van der Waals surface area contributed by atoms with Crippen LogP contribution in [0.4, 0.5) is 0 Å². The Morgan fingerprint density at radius 2 is 1.68 bits per heavy atom. The first kappa shape index (κ1) is 43.0. The number of aliphatic hydroxyl groups excluding tert-OH is 2. The van der Waals surface area contributed by atoms with Crippen molar-refractivity contribution >= 4 is 34.5 Å². The Labute approximate surface area is 311 Å². The van der Waals surface area contributed by atoms with E-state index in [0.717, 1.165) is 3.57 Å². The molecule has 2 heterocycles. The molecule has 13 heteroatoms. The molecule has 2 fully saturated rings. The lowest BCUT2D eigenvalue weighted by Gasteiger charge is -2.47. The highest BCUT2D eigenvalue weighted by atomic mass is 127. The van der Waals surface area contributed by atoms with E-state index in [0.29, 0.717) is 18.5 Å². The van der Waals surface area contributed by atoms with Gasteiger partial charge in [0.15, 0.2) is 12.4 Å². The number of carbonyl (C=O) groups excluding carboxylic acids is 2. The molecule has 0 radical (unpaired) electrons. The molecule has 50 heavy (non-hydrogen) atoms. The lowest BCUT2D eigenvalue weighted by atomic mass is 9.78. The Kier molecular flexibility index (Phi) is 15.1. The minimum atomic E-state index is -1.78. The van der Waals surface area contributed by atoms with Gasteiger partial charge in [0.1, 0.15) is 17.8 Å². The normalized spacial score (nSPS) is 41.6. The molecule has 0 amide bonds. The van der Waals surface area contributed by atoms with Gasteiger partial charge in [0.25, 0.3) is 0 Å². The number of ether oxygens (including phenoxy) is 4. The molecule has 2 saturated heterocycles. The van der Waals surface area contributed by atoms with Crippen molar-refractivity contribution in [3.05, 3.63) is 33.4 Å². The quantitative estimate of drug-likeness (QED) is 0.245. The van der Waals surface area contributed by atoms with Crippen LogP contribution in [0.3, 0.4) is 0 Å². The minimum Gasteiger partial charge on any atom is -0.459 e. The fourth-order valence-electron chi connectivity index (χ4n) is 7.63. The number of carbonyl (C=O) groups is 2. The Morgan fingerprint density at radius 1 is 1.08 bits per heavy atom. The Bertz CT molecular complexity index is 1260. The maximum Gasteiger partial charge on any atom is 0.338 e. The van der Waals surface area contributed by atoms with Crippen LogP contribution in [0.5, 0.6) is 0 Å². The van der Waals surface area contributed by atoms with Crippen LogP contribution in [-0.2, 0) is 23.7 Å². The van der Waals surface area contributed by atoms with E-state index in [9.17, 15) is 30.0 Å². The molecule has 0 unspecified atom stereocenters. The zero-order chi connectivity index (χ0) is 37.9. The van der Waals surface area contributed by atoms with Crippen molar-refractivity contribution in [1.29, 1.82) is 0 Å². The van der Waals surface area contributed by atoms with Crippen LogP contribution in [0.1, 0.15) is 85.0 Å². The summed E-state index contributed by atoms with van der Waals surface area (Å²) in [5, 5.41) is 46.8. The van der Waals surface area contributed by atoms with Crippen LogP contribution < -0.4 is 0 Å². The average Bonchev–Trinajstić information content (AvgIpc) is 3.04. The second-order valence-corrected chi connectivity index (χ2v) is 16.8. The minimum absolute atomic E-state index is 0.150. The van der Waals surface area contributed by atoms with Crippen molar-refractivity contribution in [2.75, 3.05) is 27.7 Å². The predicted molar refractivity (Wildman–Crippen MR) is 197 cm³/mol. The van der Waals surface area contributed by atoms with E-state index in [1.807, 2.05) is 56.9 Å². The molecule has 2 aliphatic heterocycles. The first-order valence-corrected chi connectivity index (χ1v) is 18.9. The van der Waals surface area contributed by atoms with Gasteiger partial charge in [0.2, 0.25) is 0 Å². The molecule has 3 rings (SSSR count). The topological polar surface area (TPSA) is 158 Å². The maximum atomic E-state index is 13.5. The van der Waals surface area contributed by atoms with Crippen LogP contribution >= 0.6 is 22.6 Å². The highest BCUT2D eigenvalue weighted by Crippen LogP contribution is 2.37. The Morgan fingerprint density at radius 3 is 2.24 bits per heavy atom. The largest absolute Gasteiger partial charge is 0.459 e. The number of nitrogens with zero attached hydrogens (tertiary/aromatic N) is 2. The predicted octanol–water partition coefficient (Wildman–Crippen LogP) is 3.44. The van der Waals surface area contributed by atoms with Crippen LogP contribution in [0.15, 0.2) is 24.3 Å². The number of likely N-dealkylation sites (N-methyl/N-ethyl adjacent to an activating group) is 2. The van der Waals surface area contributed by atoms with Gasteiger partial charge >= 0.3 is 11.9 Å². The summed E-state index contributed by atoms with van der Waals surface area (Å²) >= 11 is 2.17. The van der Waals surface area contributed by atoms with Crippen molar-refractivity contribution in [1.82, 2.24) is 9.80 Å². The molecule has 0 aromatic heterocycles. The van der Waals surface area contributed by atoms with Crippen LogP contribution in [0, 0.1) is 21.3 Å². The summed E-state index contributed by atoms with van der Waals surface area (Å²) < 4.78 is 25.9. The maximum absolute atomic E-state index is 13.5. The average molecular weight is 821 g/mol. The van der Waals surface area contributed by atoms with Gasteiger partial charge in [-0.2, -0.15) is 0 Å². The van der Waals surface area contributed by atoms with Gasteiger partial charge in [-0.15, -0.1) is 0 Å². The smallest absolute Gasteiger partial charge is 0.338 e. The third-order valence-electron chi connectivity index (χ3n) is 10.8. The van der Waals surface area contributed by atoms with Crippen LogP contribution in [-0.4, -0.2) is 136 Å². The van der Waals surface area contributed by atoms with Crippen LogP contribution in [0.25, 0.3) is 0 Å². The second kappa shape index (κ2) is 17.6. The third kappa shape index (κ3) is 10.2. The van der Waals surface area contributed by atoms with Gasteiger partial charge in [-0.3, -0.25) is 4.79 Å². The van der Waals surface area contributed by atoms with E-state index >= 15 is 0 Å². The molecule has 2 aliphatic rings. The standard InChI is InChI=1S/C37H61IN2O10/c1-12-28-37(8,46)31(42)24(6)40(11)19-20(2)18-36(7,45)32(22(4)29(41)23(5)33(43)48-28)50-35-30(27(39(9)10)17-21(3)47-35)49-34(44)25-13-15-26(38)16-14-25/h13-16,20-24,27-32,35,41-42,45-46H,12,17-19H2,1-11H3/t20-,21-,22+,23-,24-,27+,28-,29+,30-,31-,32-,35+,36-,37-/m1/s1. The second-order valence-electron chi connectivity index (χ2n) is 15.5. The summed E-state index contributed by atoms with van der Waals surface area (Å²) in [5.74, 6) is -3.39. The summed E-state index contributed by atoms with van der Waals surface area (Å²) in [5.41, 5.74) is -2.98. The molecule has 0 saturated carbocycles. The number of esters is 2. The van der Waals surface area contributed by atoms with Gasteiger partial charge in [-0.1, -0.05) is 20.8 Å². The molecule has 0 aliphatic carbocycles. The summed E-state index contributed by atoms with van der Waals surface area (Å²) in [4.78, 5) is 30.9. The molecule has 1 aromatic rings. The molecule has 12 nitrogen and oxygen atoms in total. The molecular weight excluding hydrogens is 759 g/mol. The number of rotatable bonds is 6. The first-order valence-electron chi connectivity index (χ1n) is 17.8. The SMILES string of the molecule is CC[C@H]1OC(=O)[C@H](C)[C@@H](O)[C@H](C)[C@@H](O[C@@H]2O[C@H](C)C[C@H](N(C)C)[C@H]2OC(=O)c2ccc(I)cc2)[C@](C)(O)C[C@@H](C)CN(C)[C@H](C)[C@@H](O)[C@]1(C)O. The molecule has 0 bridgehead atoms. The fraction of sp³-hybridized carbons (Fsp3) is 0.784. The third-order valence-corrected chi connectivity index (χ3v) is 11.5. The zero-order valence-electron chi connectivity index (χ0n) is 31.6. The number of benzene rings is 1. The zero-order valence-corrected chi connectivity index (χ0v) is 33.7. The summed E-state index contributed by atoms with van der Waals surface area (Å²) in [6.45, 7) is 14.2. The van der Waals surface area contributed by atoms with Crippen LogP contribution in [0.2, 0.25) is 0 Å². The van der Waals surface area contributed by atoms with Crippen molar-refractivity contribution in [2.45, 2.75) is 141 Å². The van der Waals surface area contributed by atoms with Gasteiger partial charge < -0.3 is 49.2 Å². The molecule has 286 valence electrons. The summed E-state index contributed by atoms with van der Waals surface area (Å²) in [7, 11) is 5.61. The molecule has 14 atom stereocenters. The van der Waals surface area contributed by atoms with E-state index in [2.05, 4.69) is 22.6 Å². The van der Waals surface area contributed by atoms with Gasteiger partial charge in [0.05, 0.1) is 41.4 Å².